The van der Waals surface area contributed by atoms with E-state index in [1.165, 1.54) is 29.1 Å². The lowest BCUT2D eigenvalue weighted by molar-refractivity contribution is 0.122. The molecule has 1 fully saturated rings. The number of nitrogens with zero attached hydrogens (tertiary/aromatic N) is 3. The lowest BCUT2D eigenvalue weighted by Crippen LogP contribution is -2.36. The van der Waals surface area contributed by atoms with Crippen LogP contribution in [-0.4, -0.2) is 37.4 Å². The lowest BCUT2D eigenvalue weighted by atomic mass is 10.1. The topological polar surface area (TPSA) is 55.8 Å². The molecule has 1 aromatic heterocycles. The van der Waals surface area contributed by atoms with Crippen molar-refractivity contribution in [2.24, 2.45) is 10.7 Å². The number of thiazole rings is 1. The summed E-state index contributed by atoms with van der Waals surface area (Å²) in [7, 11) is 0. The maximum atomic E-state index is 13.3. The third-order valence-corrected chi connectivity index (χ3v) is 6.59. The highest BCUT2D eigenvalue weighted by Crippen LogP contribution is 2.25. The molecule has 2 aromatic carbocycles. The molecule has 2 N–H and O–H groups in total. The van der Waals surface area contributed by atoms with E-state index in [9.17, 15) is 4.39 Å². The van der Waals surface area contributed by atoms with Crippen molar-refractivity contribution in [3.05, 3.63) is 64.5 Å². The maximum absolute atomic E-state index is 13.3. The van der Waals surface area contributed by atoms with Crippen molar-refractivity contribution in [1.29, 1.82) is 0 Å². The Kier molecular flexibility index (Phi) is 8.09. The molecule has 1 aliphatic heterocycles. The van der Waals surface area contributed by atoms with Gasteiger partial charge in [0.2, 0.25) is 0 Å². The molecule has 0 atom stereocenters. The molecule has 3 aromatic rings. The molecule has 7 heteroatoms. The van der Waals surface area contributed by atoms with Gasteiger partial charge < -0.3 is 19.9 Å². The minimum Gasteiger partial charge on any atom is -0.378 e. The minimum absolute atomic E-state index is 0.246. The fourth-order valence-electron chi connectivity index (χ4n) is 3.92. The Labute approximate surface area is 193 Å². The lowest BCUT2D eigenvalue weighted by Gasteiger charge is -2.28. The van der Waals surface area contributed by atoms with E-state index < -0.39 is 0 Å². The molecule has 1 saturated heterocycles. The van der Waals surface area contributed by atoms with Gasteiger partial charge in [-0.25, -0.2) is 9.38 Å². The molecule has 4 rings (SSSR count). The molecule has 1 aliphatic rings. The number of ether oxygens (including phenoxy) is 1. The van der Waals surface area contributed by atoms with Gasteiger partial charge in [-0.1, -0.05) is 25.0 Å². The number of morpholine rings is 1. The largest absolute Gasteiger partial charge is 0.378 e. The molecular formula is C25H31FN4OS. The number of halogens is 1. The normalized spacial score (nSPS) is 14.8. The standard InChI is InChI=1S/C25H31FN4OS/c26-21-7-9-22(10-8-21)28-25-30(14-4-2-1-3-13-27)24(19-32-25)20-5-11-23(12-6-20)29-15-17-31-18-16-29/h5-12,19H,1-4,13-18,27H2/b28-25-. The Morgan fingerprint density at radius 1 is 0.938 bits per heavy atom. The molecular weight excluding hydrogens is 423 g/mol. The van der Waals surface area contributed by atoms with Crippen molar-refractivity contribution in [3.8, 4) is 11.3 Å². The van der Waals surface area contributed by atoms with Gasteiger partial charge in [0, 0.05) is 30.7 Å². The van der Waals surface area contributed by atoms with Crippen LogP contribution in [0.25, 0.3) is 11.3 Å². The number of benzene rings is 2. The summed E-state index contributed by atoms with van der Waals surface area (Å²) >= 11 is 1.63. The van der Waals surface area contributed by atoms with Crippen molar-refractivity contribution in [2.45, 2.75) is 32.2 Å². The van der Waals surface area contributed by atoms with E-state index in [2.05, 4.69) is 39.1 Å². The van der Waals surface area contributed by atoms with Crippen LogP contribution in [0.1, 0.15) is 25.7 Å². The van der Waals surface area contributed by atoms with Crippen molar-refractivity contribution in [2.75, 3.05) is 37.7 Å². The van der Waals surface area contributed by atoms with E-state index in [-0.39, 0.29) is 5.82 Å². The Morgan fingerprint density at radius 3 is 2.38 bits per heavy atom. The van der Waals surface area contributed by atoms with Gasteiger partial charge in [-0.15, -0.1) is 11.3 Å². The van der Waals surface area contributed by atoms with Crippen LogP contribution in [0.4, 0.5) is 15.8 Å². The number of anilines is 1. The van der Waals surface area contributed by atoms with E-state index in [4.69, 9.17) is 15.5 Å². The first-order valence-corrected chi connectivity index (χ1v) is 12.2. The summed E-state index contributed by atoms with van der Waals surface area (Å²) in [6, 6.07) is 15.1. The highest BCUT2D eigenvalue weighted by Gasteiger charge is 2.13. The van der Waals surface area contributed by atoms with Gasteiger partial charge in [0.15, 0.2) is 4.80 Å². The van der Waals surface area contributed by atoms with E-state index in [1.807, 2.05) is 0 Å². The van der Waals surface area contributed by atoms with Crippen LogP contribution in [0.15, 0.2) is 58.9 Å². The summed E-state index contributed by atoms with van der Waals surface area (Å²) < 4.78 is 21.1. The zero-order valence-corrected chi connectivity index (χ0v) is 19.2. The van der Waals surface area contributed by atoms with Gasteiger partial charge in [-0.05, 0) is 61.3 Å². The SMILES string of the molecule is NCCCCCCn1c(-c2ccc(N3CCOCC3)cc2)cs/c1=N\c1ccc(F)cc1. The summed E-state index contributed by atoms with van der Waals surface area (Å²) in [6.45, 7) is 5.07. The van der Waals surface area contributed by atoms with E-state index >= 15 is 0 Å². The zero-order valence-electron chi connectivity index (χ0n) is 18.4. The summed E-state index contributed by atoms with van der Waals surface area (Å²) in [6.07, 6.45) is 4.43. The van der Waals surface area contributed by atoms with Crippen LogP contribution in [0, 0.1) is 5.82 Å². The molecule has 0 spiro atoms. The quantitative estimate of drug-likeness (QED) is 0.466. The molecule has 0 bridgehead atoms. The summed E-state index contributed by atoms with van der Waals surface area (Å²) in [5, 5.41) is 2.17. The Balaban J connectivity index is 1.60. The summed E-state index contributed by atoms with van der Waals surface area (Å²) in [5.41, 5.74) is 9.98. The molecule has 170 valence electrons. The van der Waals surface area contributed by atoms with Gasteiger partial charge in [-0.2, -0.15) is 0 Å². The molecule has 2 heterocycles. The number of nitrogens with two attached hydrogens (primary N) is 1. The minimum atomic E-state index is -0.246. The average molecular weight is 455 g/mol. The van der Waals surface area contributed by atoms with Gasteiger partial charge >= 0.3 is 0 Å². The number of rotatable bonds is 9. The van der Waals surface area contributed by atoms with Crippen LogP contribution < -0.4 is 15.4 Å². The van der Waals surface area contributed by atoms with E-state index in [0.29, 0.717) is 0 Å². The second-order valence-electron chi connectivity index (χ2n) is 7.99. The van der Waals surface area contributed by atoms with Gasteiger partial charge in [0.05, 0.1) is 24.6 Å². The molecule has 0 unspecified atom stereocenters. The molecule has 0 radical (unpaired) electrons. The zero-order chi connectivity index (χ0) is 22.2. The predicted molar refractivity (Wildman–Crippen MR) is 130 cm³/mol. The second kappa shape index (κ2) is 11.4. The molecule has 5 nitrogen and oxygen atoms in total. The highest BCUT2D eigenvalue weighted by atomic mass is 32.1. The van der Waals surface area contributed by atoms with Crippen LogP contribution >= 0.6 is 11.3 Å². The third kappa shape index (κ3) is 5.85. The van der Waals surface area contributed by atoms with E-state index in [0.717, 1.165) is 75.6 Å². The molecule has 32 heavy (non-hydrogen) atoms. The summed E-state index contributed by atoms with van der Waals surface area (Å²) in [4.78, 5) is 8.10. The molecule has 0 aliphatic carbocycles. The first kappa shape index (κ1) is 22.7. The van der Waals surface area contributed by atoms with Crippen LogP contribution in [0.3, 0.4) is 0 Å². The Hall–Kier alpha value is -2.48. The monoisotopic (exact) mass is 454 g/mol. The predicted octanol–water partition coefficient (Wildman–Crippen LogP) is 4.94. The van der Waals surface area contributed by atoms with Crippen molar-refractivity contribution in [3.63, 3.8) is 0 Å². The first-order chi connectivity index (χ1) is 15.7. The molecule has 0 amide bonds. The van der Waals surface area contributed by atoms with E-state index in [1.54, 1.807) is 23.5 Å². The van der Waals surface area contributed by atoms with Gasteiger partial charge in [-0.3, -0.25) is 0 Å². The highest BCUT2D eigenvalue weighted by molar-refractivity contribution is 7.07. The fourth-order valence-corrected chi connectivity index (χ4v) is 4.88. The van der Waals surface area contributed by atoms with Crippen LogP contribution in [0.5, 0.6) is 0 Å². The maximum Gasteiger partial charge on any atom is 0.190 e. The number of unbranched alkanes of at least 4 members (excludes halogenated alkanes) is 3. The molecule has 0 saturated carbocycles. The first-order valence-electron chi connectivity index (χ1n) is 11.4. The Bertz CT molecular complexity index is 1040. The van der Waals surface area contributed by atoms with Gasteiger partial charge in [0.25, 0.3) is 0 Å². The summed E-state index contributed by atoms with van der Waals surface area (Å²) in [5.74, 6) is -0.246. The van der Waals surface area contributed by atoms with Crippen molar-refractivity contribution >= 4 is 22.7 Å². The van der Waals surface area contributed by atoms with Crippen LogP contribution in [0.2, 0.25) is 0 Å². The number of hydrogen-bond donors (Lipinski definition) is 1. The number of aromatic nitrogens is 1. The average Bonchev–Trinajstić information content (AvgIpc) is 3.23. The smallest absolute Gasteiger partial charge is 0.190 e. The number of hydrogen-bond acceptors (Lipinski definition) is 5. The second-order valence-corrected chi connectivity index (χ2v) is 8.83. The Morgan fingerprint density at radius 2 is 1.66 bits per heavy atom. The van der Waals surface area contributed by atoms with Crippen LogP contribution in [-0.2, 0) is 11.3 Å². The fraction of sp³-hybridized carbons (Fsp3) is 0.400. The van der Waals surface area contributed by atoms with Crippen molar-refractivity contribution in [1.82, 2.24) is 4.57 Å². The third-order valence-electron chi connectivity index (χ3n) is 5.72. The van der Waals surface area contributed by atoms with Crippen molar-refractivity contribution < 1.29 is 9.13 Å². The van der Waals surface area contributed by atoms with Gasteiger partial charge in [0.1, 0.15) is 5.82 Å².